The summed E-state index contributed by atoms with van der Waals surface area (Å²) >= 11 is 11.9. The second kappa shape index (κ2) is 8.44. The van der Waals surface area contributed by atoms with Crippen LogP contribution in [0.1, 0.15) is 39.0 Å². The van der Waals surface area contributed by atoms with E-state index in [1.165, 1.54) is 18.4 Å². The Morgan fingerprint density at radius 1 is 1.36 bits per heavy atom. The quantitative estimate of drug-likeness (QED) is 0.757. The molecule has 0 spiro atoms. The Morgan fingerprint density at radius 3 is 2.86 bits per heavy atom. The van der Waals surface area contributed by atoms with Crippen molar-refractivity contribution in [3.8, 4) is 5.75 Å². The van der Waals surface area contributed by atoms with E-state index in [1.54, 1.807) is 25.1 Å². The third-order valence-electron chi connectivity index (χ3n) is 3.70. The molecule has 0 aromatic heterocycles. The van der Waals surface area contributed by atoms with E-state index in [0.29, 0.717) is 22.3 Å². The second-order valence-corrected chi connectivity index (χ2v) is 6.33. The van der Waals surface area contributed by atoms with Crippen molar-refractivity contribution in [1.29, 1.82) is 0 Å². The van der Waals surface area contributed by atoms with E-state index in [1.807, 2.05) is 0 Å². The summed E-state index contributed by atoms with van der Waals surface area (Å²) in [5.74, 6) is 0.325. The molecule has 1 unspecified atom stereocenters. The Labute approximate surface area is 141 Å². The zero-order valence-electron chi connectivity index (χ0n) is 12.7. The average molecular weight is 342 g/mol. The van der Waals surface area contributed by atoms with Gasteiger partial charge in [-0.1, -0.05) is 34.9 Å². The first-order valence-electron chi connectivity index (χ1n) is 7.63. The van der Waals surface area contributed by atoms with Crippen LogP contribution in [0.5, 0.6) is 5.75 Å². The third kappa shape index (κ3) is 5.22. The van der Waals surface area contributed by atoms with Crippen molar-refractivity contribution < 1.29 is 9.53 Å². The number of ether oxygens (including phenoxy) is 1. The van der Waals surface area contributed by atoms with Crippen LogP contribution in [0, 0.1) is 0 Å². The standard InChI is InChI=1S/C17H21Cl2NO2/c1-12(22-16-8-7-14(18)11-15(16)19)17(21)20-10-9-13-5-3-2-4-6-13/h5,7-8,11-12H,2-4,6,9-10H2,1H3,(H,20,21). The molecule has 0 heterocycles. The second-order valence-electron chi connectivity index (χ2n) is 5.48. The minimum atomic E-state index is -0.598. The smallest absolute Gasteiger partial charge is 0.260 e. The van der Waals surface area contributed by atoms with Crippen LogP contribution in [-0.4, -0.2) is 18.6 Å². The van der Waals surface area contributed by atoms with Crippen molar-refractivity contribution >= 4 is 29.1 Å². The van der Waals surface area contributed by atoms with E-state index in [-0.39, 0.29) is 5.91 Å². The maximum absolute atomic E-state index is 12.0. The summed E-state index contributed by atoms with van der Waals surface area (Å²) in [6.45, 7) is 2.35. The first-order chi connectivity index (χ1) is 10.6. The van der Waals surface area contributed by atoms with Gasteiger partial charge in [0.15, 0.2) is 6.10 Å². The van der Waals surface area contributed by atoms with Crippen LogP contribution < -0.4 is 10.1 Å². The van der Waals surface area contributed by atoms with E-state index in [0.717, 1.165) is 19.3 Å². The lowest BCUT2D eigenvalue weighted by atomic mass is 9.97. The topological polar surface area (TPSA) is 38.3 Å². The van der Waals surface area contributed by atoms with Crippen LogP contribution in [0.2, 0.25) is 10.0 Å². The first kappa shape index (κ1) is 17.2. The van der Waals surface area contributed by atoms with Gasteiger partial charge in [0, 0.05) is 11.6 Å². The lowest BCUT2D eigenvalue weighted by Crippen LogP contribution is -2.37. The maximum Gasteiger partial charge on any atom is 0.260 e. The molecule has 0 radical (unpaired) electrons. The number of carbonyl (C=O) groups excluding carboxylic acids is 1. The Morgan fingerprint density at radius 2 is 2.18 bits per heavy atom. The fourth-order valence-corrected chi connectivity index (χ4v) is 2.89. The van der Waals surface area contributed by atoms with Crippen molar-refractivity contribution in [2.75, 3.05) is 6.54 Å². The Hall–Kier alpha value is -1.19. The van der Waals surface area contributed by atoms with Gasteiger partial charge in [-0.25, -0.2) is 0 Å². The molecule has 5 heteroatoms. The van der Waals surface area contributed by atoms with E-state index >= 15 is 0 Å². The molecule has 3 nitrogen and oxygen atoms in total. The van der Waals surface area contributed by atoms with Crippen molar-refractivity contribution in [1.82, 2.24) is 5.32 Å². The van der Waals surface area contributed by atoms with E-state index in [9.17, 15) is 4.79 Å². The van der Waals surface area contributed by atoms with Crippen molar-refractivity contribution in [3.05, 3.63) is 39.9 Å². The molecular formula is C17H21Cl2NO2. The van der Waals surface area contributed by atoms with Gasteiger partial charge in [0.1, 0.15) is 5.75 Å². The fraction of sp³-hybridized carbons (Fsp3) is 0.471. The van der Waals surface area contributed by atoms with E-state index < -0.39 is 6.10 Å². The van der Waals surface area contributed by atoms with Gasteiger partial charge in [-0.3, -0.25) is 4.79 Å². The van der Waals surface area contributed by atoms with Gasteiger partial charge in [-0.05, 0) is 57.2 Å². The van der Waals surface area contributed by atoms with Crippen LogP contribution in [0.3, 0.4) is 0 Å². The predicted molar refractivity (Wildman–Crippen MR) is 90.7 cm³/mol. The van der Waals surface area contributed by atoms with Crippen molar-refractivity contribution in [3.63, 3.8) is 0 Å². The average Bonchev–Trinajstić information content (AvgIpc) is 2.51. The Kier molecular flexibility index (Phi) is 6.59. The van der Waals surface area contributed by atoms with Crippen LogP contribution in [0.25, 0.3) is 0 Å². The van der Waals surface area contributed by atoms with Gasteiger partial charge >= 0.3 is 0 Å². The lowest BCUT2D eigenvalue weighted by Gasteiger charge is -2.17. The SMILES string of the molecule is CC(Oc1ccc(Cl)cc1Cl)C(=O)NCCC1=CCCCC1. The molecule has 0 saturated heterocycles. The molecule has 1 atom stereocenters. The lowest BCUT2D eigenvalue weighted by molar-refractivity contribution is -0.127. The molecule has 0 saturated carbocycles. The molecule has 120 valence electrons. The Balaban J connectivity index is 1.78. The van der Waals surface area contributed by atoms with Crippen LogP contribution in [0.15, 0.2) is 29.8 Å². The summed E-state index contributed by atoms with van der Waals surface area (Å²) in [5, 5.41) is 3.85. The predicted octanol–water partition coefficient (Wildman–Crippen LogP) is 4.77. The Bertz CT molecular complexity index is 558. The molecule has 22 heavy (non-hydrogen) atoms. The largest absolute Gasteiger partial charge is 0.479 e. The zero-order chi connectivity index (χ0) is 15.9. The van der Waals surface area contributed by atoms with Gasteiger partial charge in [-0.15, -0.1) is 0 Å². The van der Waals surface area contributed by atoms with Crippen molar-refractivity contribution in [2.45, 2.75) is 45.1 Å². The molecule has 1 aromatic rings. The number of amides is 1. The van der Waals surface area contributed by atoms with Gasteiger partial charge < -0.3 is 10.1 Å². The molecule has 1 aromatic carbocycles. The molecule has 0 bridgehead atoms. The fourth-order valence-electron chi connectivity index (χ4n) is 2.44. The molecule has 1 N–H and O–H groups in total. The number of hydrogen-bond acceptors (Lipinski definition) is 2. The van der Waals surface area contributed by atoms with E-state index in [4.69, 9.17) is 27.9 Å². The van der Waals surface area contributed by atoms with Gasteiger partial charge in [0.2, 0.25) is 0 Å². The summed E-state index contributed by atoms with van der Waals surface area (Å²) in [5.41, 5.74) is 1.45. The van der Waals surface area contributed by atoms with Crippen LogP contribution in [-0.2, 0) is 4.79 Å². The summed E-state index contributed by atoms with van der Waals surface area (Å²) < 4.78 is 5.59. The molecule has 1 aliphatic carbocycles. The normalized spacial score (nSPS) is 15.9. The van der Waals surface area contributed by atoms with Gasteiger partial charge in [-0.2, -0.15) is 0 Å². The number of hydrogen-bond donors (Lipinski definition) is 1. The highest BCUT2D eigenvalue weighted by Crippen LogP contribution is 2.28. The highest BCUT2D eigenvalue weighted by Gasteiger charge is 2.16. The highest BCUT2D eigenvalue weighted by molar-refractivity contribution is 6.35. The number of nitrogens with one attached hydrogen (secondary N) is 1. The minimum absolute atomic E-state index is 0.137. The maximum atomic E-state index is 12.0. The summed E-state index contributed by atoms with van der Waals surface area (Å²) in [4.78, 5) is 12.0. The van der Waals surface area contributed by atoms with E-state index in [2.05, 4.69) is 11.4 Å². The number of benzene rings is 1. The zero-order valence-corrected chi connectivity index (χ0v) is 14.2. The first-order valence-corrected chi connectivity index (χ1v) is 8.39. The number of carbonyl (C=O) groups is 1. The monoisotopic (exact) mass is 341 g/mol. The highest BCUT2D eigenvalue weighted by atomic mass is 35.5. The molecule has 1 amide bonds. The minimum Gasteiger partial charge on any atom is -0.479 e. The number of allylic oxidation sites excluding steroid dienone is 1. The number of halogens is 2. The molecule has 0 aliphatic heterocycles. The summed E-state index contributed by atoms with van der Waals surface area (Å²) in [6, 6.07) is 4.95. The van der Waals surface area contributed by atoms with Crippen molar-refractivity contribution in [2.24, 2.45) is 0 Å². The third-order valence-corrected chi connectivity index (χ3v) is 4.23. The summed E-state index contributed by atoms with van der Waals surface area (Å²) in [7, 11) is 0. The van der Waals surface area contributed by atoms with Gasteiger partial charge in [0.25, 0.3) is 5.91 Å². The number of rotatable bonds is 6. The molecule has 0 fully saturated rings. The molecule has 2 rings (SSSR count). The summed E-state index contributed by atoms with van der Waals surface area (Å²) in [6.07, 6.45) is 7.47. The van der Waals surface area contributed by atoms with Crippen LogP contribution >= 0.6 is 23.2 Å². The van der Waals surface area contributed by atoms with Gasteiger partial charge in [0.05, 0.1) is 5.02 Å². The molecule has 1 aliphatic rings. The van der Waals surface area contributed by atoms with Crippen LogP contribution in [0.4, 0.5) is 0 Å². The molecular weight excluding hydrogens is 321 g/mol.